The Morgan fingerprint density at radius 3 is 2.61 bits per heavy atom. The van der Waals surface area contributed by atoms with Crippen LogP contribution in [0.1, 0.15) is 12.0 Å². The monoisotopic (exact) mass is 551 g/mol. The van der Waals surface area contributed by atoms with Crippen molar-refractivity contribution in [3.63, 3.8) is 0 Å². The summed E-state index contributed by atoms with van der Waals surface area (Å²) in [5.41, 5.74) is 7.03. The van der Waals surface area contributed by atoms with Gasteiger partial charge in [-0.1, -0.05) is 41.0 Å². The lowest BCUT2D eigenvalue weighted by Gasteiger charge is -2.25. The third-order valence-electron chi connectivity index (χ3n) is 6.01. The van der Waals surface area contributed by atoms with Gasteiger partial charge in [0.15, 0.2) is 0 Å². The fourth-order valence-electron chi connectivity index (χ4n) is 4.10. The molecule has 3 heterocycles. The number of carbonyl (C=O) groups is 1. The predicted molar refractivity (Wildman–Crippen MR) is 143 cm³/mol. The molecule has 4 aromatic rings. The Labute approximate surface area is 223 Å². The SMILES string of the molecule is Nc1cc(C2=NO[C@](Cn3cccn3)(C(=O)Nc3ccc(-c4ccccc4S(N)(=O)=O)cn3)C2)ccc1Cl. The molecule has 2 aromatic carbocycles. The van der Waals surface area contributed by atoms with Gasteiger partial charge >= 0.3 is 0 Å². The zero-order valence-corrected chi connectivity index (χ0v) is 21.4. The van der Waals surface area contributed by atoms with Crippen LogP contribution in [0.4, 0.5) is 11.5 Å². The van der Waals surface area contributed by atoms with Crippen LogP contribution in [0.2, 0.25) is 5.02 Å². The molecule has 1 aliphatic rings. The molecule has 0 bridgehead atoms. The Hall–Kier alpha value is -4.26. The van der Waals surface area contributed by atoms with Crippen molar-refractivity contribution in [2.75, 3.05) is 11.1 Å². The Morgan fingerprint density at radius 2 is 1.92 bits per heavy atom. The van der Waals surface area contributed by atoms with Gasteiger partial charge < -0.3 is 15.9 Å². The number of oxime groups is 1. The summed E-state index contributed by atoms with van der Waals surface area (Å²) in [5, 5.41) is 16.9. The highest BCUT2D eigenvalue weighted by Gasteiger charge is 2.48. The van der Waals surface area contributed by atoms with Crippen molar-refractivity contribution in [2.24, 2.45) is 10.3 Å². The molecule has 0 spiro atoms. The highest BCUT2D eigenvalue weighted by molar-refractivity contribution is 7.89. The van der Waals surface area contributed by atoms with Gasteiger partial charge in [-0.25, -0.2) is 18.5 Å². The number of hydrogen-bond acceptors (Lipinski definition) is 8. The number of amides is 1. The minimum Gasteiger partial charge on any atom is -0.398 e. The van der Waals surface area contributed by atoms with Crippen LogP contribution in [-0.2, 0) is 26.2 Å². The second-order valence-electron chi connectivity index (χ2n) is 8.67. The van der Waals surface area contributed by atoms with E-state index >= 15 is 0 Å². The third kappa shape index (κ3) is 5.09. The van der Waals surface area contributed by atoms with E-state index in [1.807, 2.05) is 0 Å². The number of aromatic nitrogens is 3. The van der Waals surface area contributed by atoms with Gasteiger partial charge in [-0.2, -0.15) is 5.10 Å². The number of carbonyl (C=O) groups excluding carboxylic acids is 1. The maximum absolute atomic E-state index is 13.6. The van der Waals surface area contributed by atoms with Gasteiger partial charge in [-0.15, -0.1) is 0 Å². The van der Waals surface area contributed by atoms with Crippen molar-refractivity contribution < 1.29 is 18.0 Å². The lowest BCUT2D eigenvalue weighted by Crippen LogP contribution is -2.47. The minimum absolute atomic E-state index is 0.0244. The molecule has 1 amide bonds. The maximum Gasteiger partial charge on any atom is 0.274 e. The molecule has 0 saturated carbocycles. The van der Waals surface area contributed by atoms with E-state index in [-0.39, 0.29) is 23.7 Å². The van der Waals surface area contributed by atoms with Gasteiger partial charge in [0.2, 0.25) is 15.6 Å². The summed E-state index contributed by atoms with van der Waals surface area (Å²) < 4.78 is 25.5. The lowest BCUT2D eigenvalue weighted by molar-refractivity contribution is -0.140. The fraction of sp³-hybridized carbons (Fsp3) is 0.120. The number of nitrogens with one attached hydrogen (secondary N) is 1. The average molecular weight is 552 g/mol. The molecule has 5 rings (SSSR count). The molecule has 0 fully saturated rings. The van der Waals surface area contributed by atoms with Gasteiger partial charge in [0, 0.05) is 41.7 Å². The number of primary sulfonamides is 1. The van der Waals surface area contributed by atoms with E-state index in [2.05, 4.69) is 20.6 Å². The summed E-state index contributed by atoms with van der Waals surface area (Å²) in [4.78, 5) is 23.6. The first kappa shape index (κ1) is 25.4. The highest BCUT2D eigenvalue weighted by atomic mass is 35.5. The molecule has 38 heavy (non-hydrogen) atoms. The van der Waals surface area contributed by atoms with Gasteiger partial charge in [-0.3, -0.25) is 9.48 Å². The number of benzene rings is 2. The number of hydrogen-bond donors (Lipinski definition) is 3. The molecular formula is C25H22ClN7O4S. The topological polar surface area (TPSA) is 168 Å². The van der Waals surface area contributed by atoms with Gasteiger partial charge in [0.05, 0.1) is 27.9 Å². The molecule has 0 saturated heterocycles. The quantitative estimate of drug-likeness (QED) is 0.296. The summed E-state index contributed by atoms with van der Waals surface area (Å²) in [7, 11) is -3.94. The van der Waals surface area contributed by atoms with E-state index in [9.17, 15) is 13.2 Å². The smallest absolute Gasteiger partial charge is 0.274 e. The van der Waals surface area contributed by atoms with Crippen molar-refractivity contribution >= 4 is 44.7 Å². The van der Waals surface area contributed by atoms with Crippen molar-refractivity contribution in [2.45, 2.75) is 23.5 Å². The highest BCUT2D eigenvalue weighted by Crippen LogP contribution is 2.32. The zero-order chi connectivity index (χ0) is 26.9. The van der Waals surface area contributed by atoms with Crippen LogP contribution in [-0.4, -0.2) is 40.4 Å². The van der Waals surface area contributed by atoms with E-state index < -0.39 is 21.5 Å². The van der Waals surface area contributed by atoms with Crippen molar-refractivity contribution in [1.29, 1.82) is 0 Å². The number of nitrogen functional groups attached to an aromatic ring is 1. The number of anilines is 2. The lowest BCUT2D eigenvalue weighted by atomic mass is 9.92. The number of rotatable bonds is 7. The van der Waals surface area contributed by atoms with Crippen LogP contribution in [0.3, 0.4) is 0 Å². The Bertz CT molecular complexity index is 1640. The molecular weight excluding hydrogens is 530 g/mol. The first-order valence-electron chi connectivity index (χ1n) is 11.3. The predicted octanol–water partition coefficient (Wildman–Crippen LogP) is 3.03. The van der Waals surface area contributed by atoms with Crippen LogP contribution >= 0.6 is 11.6 Å². The molecule has 13 heteroatoms. The first-order chi connectivity index (χ1) is 18.1. The summed E-state index contributed by atoms with van der Waals surface area (Å²) in [6.07, 6.45) is 4.90. The van der Waals surface area contributed by atoms with Gasteiger partial charge in [0.25, 0.3) is 5.91 Å². The van der Waals surface area contributed by atoms with Crippen LogP contribution < -0.4 is 16.2 Å². The van der Waals surface area contributed by atoms with E-state index in [0.717, 1.165) is 0 Å². The van der Waals surface area contributed by atoms with E-state index in [1.165, 1.54) is 12.3 Å². The Balaban J connectivity index is 1.39. The number of nitrogens with two attached hydrogens (primary N) is 2. The number of pyridine rings is 1. The molecule has 0 unspecified atom stereocenters. The molecule has 0 radical (unpaired) electrons. The molecule has 0 aliphatic carbocycles. The maximum atomic E-state index is 13.6. The number of nitrogens with zero attached hydrogens (tertiary/aromatic N) is 4. The summed E-state index contributed by atoms with van der Waals surface area (Å²) >= 11 is 6.05. The third-order valence-corrected chi connectivity index (χ3v) is 7.33. The van der Waals surface area contributed by atoms with Crippen molar-refractivity contribution in [1.82, 2.24) is 14.8 Å². The van der Waals surface area contributed by atoms with Crippen LogP contribution in [0.25, 0.3) is 11.1 Å². The standard InChI is InChI=1S/C25H22ClN7O4S/c26-19-8-6-16(12-20(19)27)21-13-25(37-32-21,15-33-11-3-10-30-33)24(34)31-23-9-7-17(14-29-23)18-4-1-2-5-22(18)38(28,35)36/h1-12,14H,13,15,27H2,(H2,28,35,36)(H,29,31,34)/t25-/m1/s1. The second-order valence-corrected chi connectivity index (χ2v) is 10.6. The summed E-state index contributed by atoms with van der Waals surface area (Å²) in [6.45, 7) is 0.0850. The minimum atomic E-state index is -3.94. The molecule has 11 nitrogen and oxygen atoms in total. The van der Waals surface area contributed by atoms with Crippen molar-refractivity contribution in [3.05, 3.63) is 89.8 Å². The van der Waals surface area contributed by atoms with Crippen molar-refractivity contribution in [3.8, 4) is 11.1 Å². The molecule has 2 aromatic heterocycles. The Kier molecular flexibility index (Phi) is 6.61. The molecule has 1 atom stereocenters. The summed E-state index contributed by atoms with van der Waals surface area (Å²) in [5.74, 6) is -0.252. The normalized spacial score (nSPS) is 17.1. The number of halogens is 1. The van der Waals surface area contributed by atoms with Gasteiger partial charge in [-0.05, 0) is 36.4 Å². The second kappa shape index (κ2) is 9.89. The van der Waals surface area contributed by atoms with E-state index in [0.29, 0.717) is 33.1 Å². The fourth-order valence-corrected chi connectivity index (χ4v) is 4.98. The van der Waals surface area contributed by atoms with Crippen LogP contribution in [0.5, 0.6) is 0 Å². The molecule has 5 N–H and O–H groups in total. The average Bonchev–Trinajstić information content (AvgIpc) is 3.57. The largest absolute Gasteiger partial charge is 0.398 e. The number of sulfonamides is 1. The van der Waals surface area contributed by atoms with Crippen LogP contribution in [0.15, 0.2) is 89.3 Å². The van der Waals surface area contributed by atoms with E-state index in [1.54, 1.807) is 71.7 Å². The van der Waals surface area contributed by atoms with E-state index in [4.69, 9.17) is 27.3 Å². The van der Waals surface area contributed by atoms with Crippen LogP contribution in [0, 0.1) is 0 Å². The Morgan fingerprint density at radius 1 is 1.13 bits per heavy atom. The molecule has 194 valence electrons. The summed E-state index contributed by atoms with van der Waals surface area (Å²) in [6, 6.07) is 16.3. The first-order valence-corrected chi connectivity index (χ1v) is 13.2. The van der Waals surface area contributed by atoms with Gasteiger partial charge in [0.1, 0.15) is 5.82 Å². The molecule has 1 aliphatic heterocycles. The zero-order valence-electron chi connectivity index (χ0n) is 19.8.